The van der Waals surface area contributed by atoms with E-state index in [-0.39, 0.29) is 24.2 Å². The average molecular weight is 497 g/mol. The Bertz CT molecular complexity index is 1490. The lowest BCUT2D eigenvalue weighted by atomic mass is 10.1. The first-order valence-electron chi connectivity index (χ1n) is 12.6. The summed E-state index contributed by atoms with van der Waals surface area (Å²) in [6.07, 6.45) is 5.36. The molecule has 1 saturated heterocycles. The van der Waals surface area contributed by atoms with Gasteiger partial charge in [-0.15, -0.1) is 0 Å². The zero-order chi connectivity index (χ0) is 25.4. The van der Waals surface area contributed by atoms with Gasteiger partial charge in [0.1, 0.15) is 23.8 Å². The molecule has 0 bridgehead atoms. The summed E-state index contributed by atoms with van der Waals surface area (Å²) in [6.45, 7) is 2.85. The van der Waals surface area contributed by atoms with Crippen molar-refractivity contribution in [2.24, 2.45) is 7.05 Å². The summed E-state index contributed by atoms with van der Waals surface area (Å²) < 4.78 is 8.02. The molecule has 2 aliphatic rings. The van der Waals surface area contributed by atoms with Gasteiger partial charge in [-0.2, -0.15) is 0 Å². The normalized spacial score (nSPS) is 15.6. The highest BCUT2D eigenvalue weighted by Crippen LogP contribution is 2.37. The van der Waals surface area contributed by atoms with Crippen molar-refractivity contribution < 1.29 is 14.3 Å². The van der Waals surface area contributed by atoms with Gasteiger partial charge in [-0.3, -0.25) is 19.4 Å². The number of piperidine rings is 1. The number of pyridine rings is 1. The van der Waals surface area contributed by atoms with Crippen molar-refractivity contribution in [1.82, 2.24) is 19.4 Å². The Morgan fingerprint density at radius 2 is 1.89 bits per heavy atom. The fraction of sp³-hybridized carbons (Fsp3) is 0.286. The maximum Gasteiger partial charge on any atom is 0.262 e. The lowest BCUT2D eigenvalue weighted by molar-refractivity contribution is -0.114. The molecular formula is C28H28N6O3. The van der Waals surface area contributed by atoms with E-state index in [9.17, 15) is 9.59 Å². The molecule has 0 spiro atoms. The van der Waals surface area contributed by atoms with Crippen LogP contribution in [0.1, 0.15) is 35.4 Å². The predicted molar refractivity (Wildman–Crippen MR) is 141 cm³/mol. The number of para-hydroxylation sites is 1. The topological polar surface area (TPSA) is 92.6 Å². The molecule has 1 N–H and O–H groups in total. The van der Waals surface area contributed by atoms with Crippen LogP contribution in [0.15, 0.2) is 60.8 Å². The van der Waals surface area contributed by atoms with Gasteiger partial charge < -0.3 is 14.6 Å². The zero-order valence-corrected chi connectivity index (χ0v) is 20.7. The third-order valence-corrected chi connectivity index (χ3v) is 6.98. The van der Waals surface area contributed by atoms with Gasteiger partial charge in [0, 0.05) is 18.9 Å². The number of aryl methyl sites for hydroxylation is 1. The summed E-state index contributed by atoms with van der Waals surface area (Å²) in [5, 5.41) is 2.93. The number of hydrogen-bond acceptors (Lipinski definition) is 6. The first-order valence-corrected chi connectivity index (χ1v) is 12.6. The van der Waals surface area contributed by atoms with Gasteiger partial charge in [0.15, 0.2) is 0 Å². The number of likely N-dealkylation sites (tertiary alicyclic amines) is 1. The van der Waals surface area contributed by atoms with Crippen LogP contribution in [0.5, 0.6) is 11.6 Å². The van der Waals surface area contributed by atoms with Crippen LogP contribution in [0, 0.1) is 0 Å². The van der Waals surface area contributed by atoms with Gasteiger partial charge in [0.25, 0.3) is 5.91 Å². The van der Waals surface area contributed by atoms with Crippen LogP contribution >= 0.6 is 0 Å². The largest absolute Gasteiger partial charge is 0.436 e. The number of amides is 2. The average Bonchev–Trinajstić information content (AvgIpc) is 3.16. The molecule has 9 nitrogen and oxygen atoms in total. The van der Waals surface area contributed by atoms with E-state index in [4.69, 9.17) is 9.72 Å². The summed E-state index contributed by atoms with van der Waals surface area (Å²) in [5.41, 5.74) is 3.30. The summed E-state index contributed by atoms with van der Waals surface area (Å²) in [4.78, 5) is 39.5. The number of ether oxygens (including phenoxy) is 1. The van der Waals surface area contributed by atoms with E-state index in [1.54, 1.807) is 42.6 Å². The molecule has 2 aromatic heterocycles. The van der Waals surface area contributed by atoms with Crippen molar-refractivity contribution in [3.8, 4) is 11.6 Å². The Kier molecular flexibility index (Phi) is 6.05. The minimum Gasteiger partial charge on any atom is -0.436 e. The maximum absolute atomic E-state index is 13.4. The maximum atomic E-state index is 13.4. The number of rotatable bonds is 5. The molecular weight excluding hydrogens is 468 g/mol. The second kappa shape index (κ2) is 9.67. The lowest BCUT2D eigenvalue weighted by Crippen LogP contribution is -2.37. The number of hydrogen-bond donors (Lipinski definition) is 1. The fourth-order valence-corrected chi connectivity index (χ4v) is 5.05. The van der Waals surface area contributed by atoms with Crippen LogP contribution in [-0.4, -0.2) is 50.9 Å². The van der Waals surface area contributed by atoms with Crippen LogP contribution in [-0.2, 0) is 18.4 Å². The highest BCUT2D eigenvalue weighted by atomic mass is 16.5. The zero-order valence-electron chi connectivity index (χ0n) is 20.7. The summed E-state index contributed by atoms with van der Waals surface area (Å²) in [6, 6.07) is 16.1. The third kappa shape index (κ3) is 4.53. The number of nitrogens with one attached hydrogen (secondary N) is 1. The number of benzene rings is 2. The molecule has 2 aliphatic heterocycles. The van der Waals surface area contributed by atoms with Gasteiger partial charge in [-0.1, -0.05) is 18.6 Å². The van der Waals surface area contributed by atoms with Crippen LogP contribution in [0.3, 0.4) is 0 Å². The van der Waals surface area contributed by atoms with Crippen molar-refractivity contribution in [3.05, 3.63) is 72.2 Å². The Labute approximate surface area is 214 Å². The number of anilines is 2. The molecule has 0 aliphatic carbocycles. The van der Waals surface area contributed by atoms with Gasteiger partial charge in [-0.05, 0) is 68.4 Å². The molecule has 0 saturated carbocycles. The highest BCUT2D eigenvalue weighted by molar-refractivity contribution is 6.12. The van der Waals surface area contributed by atoms with Crippen LogP contribution in [0.25, 0.3) is 11.0 Å². The molecule has 4 aromatic rings. The van der Waals surface area contributed by atoms with E-state index >= 15 is 0 Å². The lowest BCUT2D eigenvalue weighted by Gasteiger charge is -2.25. The second-order valence-electron chi connectivity index (χ2n) is 9.49. The van der Waals surface area contributed by atoms with Crippen molar-refractivity contribution in [1.29, 1.82) is 0 Å². The first-order chi connectivity index (χ1) is 18.1. The number of carbonyl (C=O) groups is 2. The third-order valence-electron chi connectivity index (χ3n) is 6.98. The van der Waals surface area contributed by atoms with Crippen LogP contribution in [0.2, 0.25) is 0 Å². The molecule has 2 amide bonds. The van der Waals surface area contributed by atoms with Crippen LogP contribution < -0.4 is 15.0 Å². The number of nitrogens with zero attached hydrogens (tertiary/aromatic N) is 5. The standard InChI is InChI=1S/C28H28N6O3/c1-32-22-12-11-19(16-21(22)31-25(32)17-33-14-5-2-6-15-33)30-26(35)18-34-23-9-7-13-29-27(23)37-24-10-4-3-8-20(24)28(34)36/h3-4,7-13,16H,2,5-6,14-15,17-18H2,1H3,(H,30,35). The van der Waals surface area contributed by atoms with Gasteiger partial charge in [0.05, 0.1) is 23.1 Å². The van der Waals surface area contributed by atoms with E-state index < -0.39 is 0 Å². The van der Waals surface area contributed by atoms with E-state index in [0.717, 1.165) is 36.5 Å². The molecule has 2 aromatic carbocycles. The van der Waals surface area contributed by atoms with Crippen LogP contribution in [0.4, 0.5) is 11.4 Å². The minimum absolute atomic E-state index is 0.185. The van der Waals surface area contributed by atoms with E-state index in [0.29, 0.717) is 22.7 Å². The van der Waals surface area contributed by atoms with Crippen molar-refractivity contribution in [2.45, 2.75) is 25.8 Å². The number of aromatic nitrogens is 3. The van der Waals surface area contributed by atoms with Gasteiger partial charge >= 0.3 is 0 Å². The SMILES string of the molecule is Cn1c(CN2CCCCC2)nc2cc(NC(=O)CN3C(=O)c4ccccc4Oc4ncccc43)ccc21. The number of fused-ring (bicyclic) bond motifs is 3. The van der Waals surface area contributed by atoms with Crippen molar-refractivity contribution >= 4 is 34.2 Å². The quantitative estimate of drug-likeness (QED) is 0.442. The molecule has 188 valence electrons. The number of imidazole rings is 1. The molecule has 6 rings (SSSR count). The molecule has 1 fully saturated rings. The molecule has 0 unspecified atom stereocenters. The Balaban J connectivity index is 1.22. The summed E-state index contributed by atoms with van der Waals surface area (Å²) in [5.74, 6) is 1.06. The second-order valence-corrected chi connectivity index (χ2v) is 9.49. The Morgan fingerprint density at radius 3 is 2.76 bits per heavy atom. The number of carbonyl (C=O) groups excluding carboxylic acids is 2. The van der Waals surface area contributed by atoms with E-state index in [2.05, 4.69) is 19.8 Å². The first kappa shape index (κ1) is 23.2. The molecule has 4 heterocycles. The summed E-state index contributed by atoms with van der Waals surface area (Å²) in [7, 11) is 2.03. The molecule has 9 heteroatoms. The highest BCUT2D eigenvalue weighted by Gasteiger charge is 2.30. The fourth-order valence-electron chi connectivity index (χ4n) is 5.05. The van der Waals surface area contributed by atoms with Crippen molar-refractivity contribution in [3.63, 3.8) is 0 Å². The predicted octanol–water partition coefficient (Wildman–Crippen LogP) is 4.35. The molecule has 0 radical (unpaired) electrons. The van der Waals surface area contributed by atoms with E-state index in [1.807, 2.05) is 25.2 Å². The summed E-state index contributed by atoms with van der Waals surface area (Å²) >= 11 is 0. The van der Waals surface area contributed by atoms with Gasteiger partial charge in [-0.25, -0.2) is 9.97 Å². The van der Waals surface area contributed by atoms with E-state index in [1.165, 1.54) is 24.2 Å². The molecule has 0 atom stereocenters. The smallest absolute Gasteiger partial charge is 0.262 e. The monoisotopic (exact) mass is 496 g/mol. The Hall–Kier alpha value is -4.24. The van der Waals surface area contributed by atoms with Crippen molar-refractivity contribution in [2.75, 3.05) is 29.9 Å². The Morgan fingerprint density at radius 1 is 1.05 bits per heavy atom. The van der Waals surface area contributed by atoms with Gasteiger partial charge in [0.2, 0.25) is 11.8 Å². The minimum atomic E-state index is -0.327. The molecule has 37 heavy (non-hydrogen) atoms.